The molecule has 4 fully saturated rings. The van der Waals surface area contributed by atoms with E-state index in [9.17, 15) is 24.9 Å². The maximum absolute atomic E-state index is 12.9. The van der Waals surface area contributed by atoms with Crippen LogP contribution in [0.5, 0.6) is 0 Å². The lowest BCUT2D eigenvalue weighted by Crippen LogP contribution is -2.62. The van der Waals surface area contributed by atoms with Gasteiger partial charge in [-0.1, -0.05) is 20.8 Å². The molecule has 224 valence electrons. The lowest BCUT2D eigenvalue weighted by Gasteiger charge is -2.63. The fourth-order valence-corrected chi connectivity index (χ4v) is 10.3. The summed E-state index contributed by atoms with van der Waals surface area (Å²) in [6, 6.07) is 6.87. The molecule has 7 nitrogen and oxygen atoms in total. The van der Waals surface area contributed by atoms with Crippen molar-refractivity contribution in [3.63, 3.8) is 0 Å². The second-order valence-corrected chi connectivity index (χ2v) is 14.5. The smallest absolute Gasteiger partial charge is 0.336 e. The fourth-order valence-electron chi connectivity index (χ4n) is 10.3. The van der Waals surface area contributed by atoms with Gasteiger partial charge in [-0.2, -0.15) is 0 Å². The topological polar surface area (TPSA) is 120 Å². The number of aryl methyl sites for hydroxylation is 1. The van der Waals surface area contributed by atoms with Crippen LogP contribution in [0.15, 0.2) is 33.5 Å². The highest BCUT2D eigenvalue weighted by atomic mass is 16.4. The van der Waals surface area contributed by atoms with Crippen molar-refractivity contribution < 1.29 is 24.5 Å². The number of benzene rings is 1. The fraction of sp³-hybridized carbons (Fsp3) is 0.706. The number of hydrogen-bond acceptors (Lipinski definition) is 6. The van der Waals surface area contributed by atoms with E-state index in [1.54, 1.807) is 6.07 Å². The Morgan fingerprint density at radius 2 is 1.85 bits per heavy atom. The van der Waals surface area contributed by atoms with Gasteiger partial charge in [0.25, 0.3) is 0 Å². The van der Waals surface area contributed by atoms with Crippen LogP contribution in [-0.4, -0.2) is 39.5 Å². The summed E-state index contributed by atoms with van der Waals surface area (Å²) in [5, 5.41) is 37.4. The first-order chi connectivity index (χ1) is 19.4. The molecule has 4 saturated carbocycles. The summed E-state index contributed by atoms with van der Waals surface area (Å²) < 4.78 is 5.33. The van der Waals surface area contributed by atoms with Crippen LogP contribution in [0.4, 0.5) is 5.69 Å². The lowest BCUT2D eigenvalue weighted by atomic mass is 9.43. The molecule has 41 heavy (non-hydrogen) atoms. The summed E-state index contributed by atoms with van der Waals surface area (Å²) >= 11 is 0. The van der Waals surface area contributed by atoms with E-state index in [0.29, 0.717) is 29.5 Å². The Labute approximate surface area is 242 Å². The number of nitrogens with one attached hydrogen (secondary N) is 1. The molecule has 1 amide bonds. The van der Waals surface area contributed by atoms with Crippen LogP contribution >= 0.6 is 0 Å². The molecule has 7 heteroatoms. The highest BCUT2D eigenvalue weighted by Crippen LogP contribution is 2.68. The van der Waals surface area contributed by atoms with E-state index in [4.69, 9.17) is 4.42 Å². The molecule has 0 bridgehead atoms. The van der Waals surface area contributed by atoms with Crippen LogP contribution in [0.2, 0.25) is 0 Å². The molecule has 0 aliphatic heterocycles. The molecule has 1 heterocycles. The molecule has 0 saturated heterocycles. The number of aliphatic hydroxyl groups excluding tert-OH is 3. The van der Waals surface area contributed by atoms with Gasteiger partial charge in [-0.05, 0) is 122 Å². The third kappa shape index (κ3) is 4.76. The first-order valence-corrected chi connectivity index (χ1v) is 15.8. The molecular weight excluding hydrogens is 518 g/mol. The number of rotatable bonds is 5. The number of hydrogen-bond donors (Lipinski definition) is 4. The van der Waals surface area contributed by atoms with Gasteiger partial charge < -0.3 is 25.1 Å². The molecule has 4 aliphatic rings. The van der Waals surface area contributed by atoms with Gasteiger partial charge in [-0.3, -0.25) is 4.79 Å². The average Bonchev–Trinajstić information content (AvgIpc) is 3.27. The largest absolute Gasteiger partial charge is 0.423 e. The summed E-state index contributed by atoms with van der Waals surface area (Å²) in [5.74, 6) is 1.54. The molecule has 0 radical (unpaired) electrons. The number of aliphatic hydroxyl groups is 3. The van der Waals surface area contributed by atoms with Crippen LogP contribution in [0, 0.1) is 53.3 Å². The number of anilines is 1. The SMILES string of the molecule is Cc1cc(=O)oc2cc(NC(=O)CCC(C)C3CCC4C5C(O)CC6CC(O)CCC6(C)C5CC(O)C34C)ccc12. The highest BCUT2D eigenvalue weighted by molar-refractivity contribution is 5.93. The van der Waals surface area contributed by atoms with Crippen LogP contribution in [0.1, 0.15) is 84.1 Å². The first-order valence-electron chi connectivity index (χ1n) is 15.8. The Balaban J connectivity index is 1.13. The van der Waals surface area contributed by atoms with Crippen LogP contribution in [0.25, 0.3) is 11.0 Å². The normalized spacial score (nSPS) is 40.9. The third-order valence-electron chi connectivity index (χ3n) is 12.6. The van der Waals surface area contributed by atoms with Crippen LogP contribution in [0.3, 0.4) is 0 Å². The molecule has 4 aliphatic carbocycles. The minimum Gasteiger partial charge on any atom is -0.423 e. The molecule has 6 rings (SSSR count). The van der Waals surface area contributed by atoms with Crippen LogP contribution < -0.4 is 10.9 Å². The summed E-state index contributed by atoms with van der Waals surface area (Å²) in [6.07, 6.45) is 6.09. The molecule has 1 aromatic heterocycles. The van der Waals surface area contributed by atoms with Gasteiger partial charge in [-0.15, -0.1) is 0 Å². The van der Waals surface area contributed by atoms with Gasteiger partial charge >= 0.3 is 5.63 Å². The Hall–Kier alpha value is -2.22. The van der Waals surface area contributed by atoms with Gasteiger partial charge in [-0.25, -0.2) is 4.79 Å². The maximum Gasteiger partial charge on any atom is 0.336 e. The zero-order valence-corrected chi connectivity index (χ0v) is 24.9. The van der Waals surface area contributed by atoms with E-state index in [1.165, 1.54) is 6.07 Å². The summed E-state index contributed by atoms with van der Waals surface area (Å²) in [4.78, 5) is 24.7. The van der Waals surface area contributed by atoms with Crippen molar-refractivity contribution in [3.8, 4) is 0 Å². The van der Waals surface area contributed by atoms with Crippen molar-refractivity contribution in [1.82, 2.24) is 0 Å². The highest BCUT2D eigenvalue weighted by Gasteiger charge is 2.65. The monoisotopic (exact) mass is 565 g/mol. The second-order valence-electron chi connectivity index (χ2n) is 14.5. The molecule has 4 N–H and O–H groups in total. The zero-order valence-electron chi connectivity index (χ0n) is 24.9. The van der Waals surface area contributed by atoms with E-state index in [2.05, 4.69) is 26.1 Å². The van der Waals surface area contributed by atoms with Gasteiger partial charge in [0.05, 0.1) is 18.3 Å². The van der Waals surface area contributed by atoms with E-state index >= 15 is 0 Å². The standard InChI is InChI=1S/C34H47NO6/c1-18(5-10-30(39)35-21-6-7-23-19(2)13-31(40)41-28(23)16-21)24-8-9-25-32-26(17-29(38)34(24,25)4)33(3)12-11-22(36)14-20(33)15-27(32)37/h6-7,13,16,18,20,22,24-27,29,32,36-38H,5,8-12,14-15,17H2,1-4H3,(H,35,39). The summed E-state index contributed by atoms with van der Waals surface area (Å²) in [6.45, 7) is 8.70. The Bertz CT molecular complexity index is 1370. The van der Waals surface area contributed by atoms with E-state index in [1.807, 2.05) is 19.1 Å². The maximum atomic E-state index is 12.9. The van der Waals surface area contributed by atoms with Crippen molar-refractivity contribution in [1.29, 1.82) is 0 Å². The third-order valence-corrected chi connectivity index (χ3v) is 12.6. The van der Waals surface area contributed by atoms with E-state index < -0.39 is 11.7 Å². The van der Waals surface area contributed by atoms with Crippen molar-refractivity contribution in [3.05, 3.63) is 40.2 Å². The van der Waals surface area contributed by atoms with Crippen molar-refractivity contribution >= 4 is 22.6 Å². The molecule has 1 aromatic carbocycles. The predicted molar refractivity (Wildman–Crippen MR) is 158 cm³/mol. The summed E-state index contributed by atoms with van der Waals surface area (Å²) in [5.41, 5.74) is 1.30. The number of fused-ring (bicyclic) bond motifs is 6. The molecule has 0 spiro atoms. The molecule has 2 aromatic rings. The lowest BCUT2D eigenvalue weighted by molar-refractivity contribution is -0.207. The van der Waals surface area contributed by atoms with Gasteiger partial charge in [0.2, 0.25) is 5.91 Å². The van der Waals surface area contributed by atoms with Gasteiger partial charge in [0.1, 0.15) is 5.58 Å². The second kappa shape index (κ2) is 10.5. The minimum absolute atomic E-state index is 0.0667. The minimum atomic E-state index is -0.428. The Morgan fingerprint density at radius 3 is 2.63 bits per heavy atom. The average molecular weight is 566 g/mol. The Kier molecular flexibility index (Phi) is 7.39. The molecule has 11 unspecified atom stereocenters. The van der Waals surface area contributed by atoms with E-state index in [-0.39, 0.29) is 52.6 Å². The zero-order chi connectivity index (χ0) is 29.3. The van der Waals surface area contributed by atoms with E-state index in [0.717, 1.165) is 62.3 Å². The van der Waals surface area contributed by atoms with Gasteiger partial charge in [0, 0.05) is 29.6 Å². The molecule has 11 atom stereocenters. The van der Waals surface area contributed by atoms with Crippen LogP contribution in [-0.2, 0) is 4.79 Å². The van der Waals surface area contributed by atoms with Crippen molar-refractivity contribution in [2.75, 3.05) is 5.32 Å². The predicted octanol–water partition coefficient (Wildman–Crippen LogP) is 5.42. The van der Waals surface area contributed by atoms with Crippen molar-refractivity contribution in [2.45, 2.75) is 104 Å². The Morgan fingerprint density at radius 1 is 1.07 bits per heavy atom. The van der Waals surface area contributed by atoms with Crippen molar-refractivity contribution in [2.24, 2.45) is 46.3 Å². The number of carbonyl (C=O) groups is 1. The quantitative estimate of drug-likeness (QED) is 0.360. The number of carbonyl (C=O) groups excluding carboxylic acids is 1. The van der Waals surface area contributed by atoms with Gasteiger partial charge in [0.15, 0.2) is 0 Å². The summed E-state index contributed by atoms with van der Waals surface area (Å²) in [7, 11) is 0. The first kappa shape index (κ1) is 28.9. The molecular formula is C34H47NO6. The number of amides is 1.